The zero-order chi connectivity index (χ0) is 13.7. The van der Waals surface area contributed by atoms with Crippen LogP contribution in [0.25, 0.3) is 0 Å². The van der Waals surface area contributed by atoms with Crippen LogP contribution in [0.5, 0.6) is 0 Å². The summed E-state index contributed by atoms with van der Waals surface area (Å²) in [5, 5.41) is 12.8. The van der Waals surface area contributed by atoms with Crippen molar-refractivity contribution in [2.45, 2.75) is 39.3 Å². The number of carbonyl (C=O) groups is 2. The van der Waals surface area contributed by atoms with Gasteiger partial charge in [-0.25, -0.2) is 0 Å². The standard InChI is InChI=1S/C11H16N2O4S/c1-7-6-18-11(17)13(7)5-3-4-9(14)12-8(2)10(15)16/h6,8H,3-5H2,1-2H3,(H,12,14)(H,15,16). The van der Waals surface area contributed by atoms with Gasteiger partial charge in [0.15, 0.2) is 0 Å². The Morgan fingerprint density at radius 3 is 2.72 bits per heavy atom. The third-order valence-corrected chi connectivity index (χ3v) is 3.39. The largest absolute Gasteiger partial charge is 0.480 e. The molecule has 6 nitrogen and oxygen atoms in total. The molecule has 100 valence electrons. The van der Waals surface area contributed by atoms with Crippen molar-refractivity contribution in [1.29, 1.82) is 0 Å². The van der Waals surface area contributed by atoms with Crippen molar-refractivity contribution in [3.63, 3.8) is 0 Å². The highest BCUT2D eigenvalue weighted by atomic mass is 32.1. The smallest absolute Gasteiger partial charge is 0.325 e. The summed E-state index contributed by atoms with van der Waals surface area (Å²) in [5.74, 6) is -1.38. The van der Waals surface area contributed by atoms with Crippen molar-refractivity contribution < 1.29 is 14.7 Å². The predicted octanol–water partition coefficient (Wildman–Crippen LogP) is 0.588. The Morgan fingerprint density at radius 2 is 2.22 bits per heavy atom. The lowest BCUT2D eigenvalue weighted by molar-refractivity contribution is -0.141. The maximum absolute atomic E-state index is 11.4. The number of aromatic nitrogens is 1. The molecule has 1 rings (SSSR count). The van der Waals surface area contributed by atoms with E-state index in [0.717, 1.165) is 17.0 Å². The predicted molar refractivity (Wildman–Crippen MR) is 67.8 cm³/mol. The van der Waals surface area contributed by atoms with E-state index >= 15 is 0 Å². The molecule has 1 amide bonds. The minimum Gasteiger partial charge on any atom is -0.480 e. The molecule has 18 heavy (non-hydrogen) atoms. The molecule has 7 heteroatoms. The van der Waals surface area contributed by atoms with Gasteiger partial charge in [-0.15, -0.1) is 0 Å². The van der Waals surface area contributed by atoms with E-state index in [2.05, 4.69) is 5.32 Å². The maximum Gasteiger partial charge on any atom is 0.325 e. The molecule has 0 saturated heterocycles. The molecule has 1 atom stereocenters. The first-order chi connectivity index (χ1) is 8.41. The van der Waals surface area contributed by atoms with Gasteiger partial charge in [0.2, 0.25) is 5.91 Å². The van der Waals surface area contributed by atoms with Crippen molar-refractivity contribution in [2.24, 2.45) is 0 Å². The highest BCUT2D eigenvalue weighted by Crippen LogP contribution is 2.02. The first-order valence-electron chi connectivity index (χ1n) is 5.59. The molecule has 0 aliphatic rings. The minimum atomic E-state index is -1.06. The fourth-order valence-corrected chi connectivity index (χ4v) is 2.21. The van der Waals surface area contributed by atoms with E-state index in [1.807, 2.05) is 6.92 Å². The Hall–Kier alpha value is -1.63. The summed E-state index contributed by atoms with van der Waals surface area (Å²) in [6, 6.07) is -0.886. The summed E-state index contributed by atoms with van der Waals surface area (Å²) in [6.45, 7) is 3.72. The monoisotopic (exact) mass is 272 g/mol. The fraction of sp³-hybridized carbons (Fsp3) is 0.545. The zero-order valence-electron chi connectivity index (χ0n) is 10.3. The molecule has 1 aromatic rings. The second-order valence-corrected chi connectivity index (χ2v) is 4.85. The van der Waals surface area contributed by atoms with E-state index in [1.54, 1.807) is 9.95 Å². The number of aliphatic carboxylic acids is 1. The van der Waals surface area contributed by atoms with Crippen molar-refractivity contribution >= 4 is 23.2 Å². The number of nitrogens with zero attached hydrogens (tertiary/aromatic N) is 1. The Labute approximate surface area is 108 Å². The second kappa shape index (κ2) is 6.34. The van der Waals surface area contributed by atoms with Crippen LogP contribution in [-0.2, 0) is 16.1 Å². The van der Waals surface area contributed by atoms with Crippen LogP contribution in [0.4, 0.5) is 0 Å². The molecule has 0 aromatic carbocycles. The van der Waals surface area contributed by atoms with Crippen LogP contribution in [0.15, 0.2) is 10.2 Å². The molecule has 2 N–H and O–H groups in total. The van der Waals surface area contributed by atoms with Crippen LogP contribution in [-0.4, -0.2) is 27.6 Å². The zero-order valence-corrected chi connectivity index (χ0v) is 11.1. The molecule has 0 aliphatic heterocycles. The van der Waals surface area contributed by atoms with Crippen LogP contribution in [0.1, 0.15) is 25.5 Å². The van der Waals surface area contributed by atoms with Gasteiger partial charge in [-0.3, -0.25) is 14.4 Å². The van der Waals surface area contributed by atoms with Crippen LogP contribution in [0, 0.1) is 6.92 Å². The number of amides is 1. The lowest BCUT2D eigenvalue weighted by atomic mass is 10.2. The summed E-state index contributed by atoms with van der Waals surface area (Å²) in [7, 11) is 0. The summed E-state index contributed by atoms with van der Waals surface area (Å²) >= 11 is 1.13. The minimum absolute atomic E-state index is 0.0354. The van der Waals surface area contributed by atoms with Gasteiger partial charge in [0.25, 0.3) is 0 Å². The quantitative estimate of drug-likeness (QED) is 0.793. The van der Waals surface area contributed by atoms with Gasteiger partial charge in [0.05, 0.1) is 0 Å². The third-order valence-electron chi connectivity index (χ3n) is 2.51. The first-order valence-corrected chi connectivity index (χ1v) is 6.47. The highest BCUT2D eigenvalue weighted by molar-refractivity contribution is 7.07. The third kappa shape index (κ3) is 3.99. The number of carboxylic acid groups (broad SMARTS) is 1. The SMILES string of the molecule is Cc1csc(=O)n1CCCC(=O)NC(C)C(=O)O. The average molecular weight is 272 g/mol. The van der Waals surface area contributed by atoms with Crippen LogP contribution < -0.4 is 10.2 Å². The molecule has 1 heterocycles. The summed E-state index contributed by atoms with van der Waals surface area (Å²) in [6.07, 6.45) is 0.717. The van der Waals surface area contributed by atoms with Gasteiger partial charge in [0, 0.05) is 24.0 Å². The van der Waals surface area contributed by atoms with E-state index in [4.69, 9.17) is 5.11 Å². The number of carbonyl (C=O) groups excluding carboxylic acids is 1. The lowest BCUT2D eigenvalue weighted by Gasteiger charge is -2.09. The molecular weight excluding hydrogens is 256 g/mol. The number of aryl methyl sites for hydroxylation is 1. The van der Waals surface area contributed by atoms with Gasteiger partial charge in [0.1, 0.15) is 6.04 Å². The normalized spacial score (nSPS) is 12.1. The number of hydrogen-bond acceptors (Lipinski definition) is 4. The molecule has 0 radical (unpaired) electrons. The highest BCUT2D eigenvalue weighted by Gasteiger charge is 2.13. The van der Waals surface area contributed by atoms with Gasteiger partial charge in [-0.05, 0) is 20.3 Å². The second-order valence-electron chi connectivity index (χ2n) is 4.03. The molecule has 1 unspecified atom stereocenters. The van der Waals surface area contributed by atoms with E-state index in [-0.39, 0.29) is 17.2 Å². The molecule has 0 bridgehead atoms. The van der Waals surface area contributed by atoms with Gasteiger partial charge in [-0.2, -0.15) is 0 Å². The molecule has 0 saturated carbocycles. The van der Waals surface area contributed by atoms with E-state index < -0.39 is 12.0 Å². The Balaban J connectivity index is 2.36. The Kier molecular flexibility index (Phi) is 5.08. The molecule has 1 aromatic heterocycles. The summed E-state index contributed by atoms with van der Waals surface area (Å²) < 4.78 is 1.61. The Bertz CT molecular complexity index is 491. The van der Waals surface area contributed by atoms with Crippen molar-refractivity contribution in [3.05, 3.63) is 20.7 Å². The maximum atomic E-state index is 11.4. The fourth-order valence-electron chi connectivity index (χ4n) is 1.45. The van der Waals surface area contributed by atoms with Gasteiger partial charge >= 0.3 is 10.8 Å². The number of rotatable bonds is 6. The van der Waals surface area contributed by atoms with Gasteiger partial charge in [-0.1, -0.05) is 11.3 Å². The van der Waals surface area contributed by atoms with E-state index in [0.29, 0.717) is 13.0 Å². The number of thiazole rings is 1. The van der Waals surface area contributed by atoms with Gasteiger partial charge < -0.3 is 15.0 Å². The molecule has 0 fully saturated rings. The Morgan fingerprint density at radius 1 is 1.56 bits per heavy atom. The number of carboxylic acids is 1. The van der Waals surface area contributed by atoms with E-state index in [9.17, 15) is 14.4 Å². The van der Waals surface area contributed by atoms with Crippen LogP contribution >= 0.6 is 11.3 Å². The molecule has 0 spiro atoms. The number of nitrogens with one attached hydrogen (secondary N) is 1. The topological polar surface area (TPSA) is 88.4 Å². The van der Waals surface area contributed by atoms with Crippen LogP contribution in [0.3, 0.4) is 0 Å². The molecular formula is C11H16N2O4S. The van der Waals surface area contributed by atoms with Crippen LogP contribution in [0.2, 0.25) is 0 Å². The molecule has 0 aliphatic carbocycles. The summed E-state index contributed by atoms with van der Waals surface area (Å²) in [4.78, 5) is 33.3. The lowest BCUT2D eigenvalue weighted by Crippen LogP contribution is -2.38. The summed E-state index contributed by atoms with van der Waals surface area (Å²) in [5.41, 5.74) is 0.879. The average Bonchev–Trinajstić information content (AvgIpc) is 2.60. The first kappa shape index (κ1) is 14.4. The van der Waals surface area contributed by atoms with Crippen molar-refractivity contribution in [3.8, 4) is 0 Å². The number of hydrogen-bond donors (Lipinski definition) is 2. The van der Waals surface area contributed by atoms with Crippen molar-refractivity contribution in [2.75, 3.05) is 0 Å². The van der Waals surface area contributed by atoms with Crippen molar-refractivity contribution in [1.82, 2.24) is 9.88 Å². The van der Waals surface area contributed by atoms with E-state index in [1.165, 1.54) is 6.92 Å².